The van der Waals surface area contributed by atoms with Gasteiger partial charge in [-0.15, -0.1) is 0 Å². The summed E-state index contributed by atoms with van der Waals surface area (Å²) in [4.78, 5) is 2.94. The van der Waals surface area contributed by atoms with Crippen molar-refractivity contribution in [3.8, 4) is 0 Å². The summed E-state index contributed by atoms with van der Waals surface area (Å²) in [6.45, 7) is 0.703. The number of nitrogens with zero attached hydrogens (tertiary/aromatic N) is 1. The number of benzene rings is 2. The van der Waals surface area contributed by atoms with Crippen LogP contribution in [0.25, 0.3) is 0 Å². The van der Waals surface area contributed by atoms with Crippen LogP contribution in [0.1, 0.15) is 0 Å². The minimum Gasteiger partial charge on any atom is -0.368 e. The molecular weight excluding hydrogens is 240 g/mol. The molecule has 0 radical (unpaired) electrons. The largest absolute Gasteiger partial charge is 0.368 e. The molecular formula is C15H16N2S. The van der Waals surface area contributed by atoms with Crippen LogP contribution in [0.5, 0.6) is 0 Å². The topological polar surface area (TPSA) is 15.3 Å². The average molecular weight is 256 g/mol. The fourth-order valence-corrected chi connectivity index (χ4v) is 2.02. The van der Waals surface area contributed by atoms with Gasteiger partial charge >= 0.3 is 0 Å². The molecule has 0 aliphatic carbocycles. The number of thiocarbonyl (C=S) groups is 1. The summed E-state index contributed by atoms with van der Waals surface area (Å²) >= 11 is 5.36. The van der Waals surface area contributed by atoms with Gasteiger partial charge in [0.1, 0.15) is 0 Å². The third-order valence-corrected chi connectivity index (χ3v) is 2.87. The Morgan fingerprint density at radius 2 is 1.56 bits per heavy atom. The maximum Gasteiger partial charge on any atom is 0.0993 e. The Bertz CT molecular complexity index is 496. The van der Waals surface area contributed by atoms with E-state index in [1.807, 2.05) is 55.6 Å². The van der Waals surface area contributed by atoms with Crippen molar-refractivity contribution < 1.29 is 0 Å². The van der Waals surface area contributed by atoms with E-state index in [0.717, 1.165) is 16.4 Å². The van der Waals surface area contributed by atoms with Crippen LogP contribution in [0.4, 0.5) is 11.4 Å². The van der Waals surface area contributed by atoms with Crippen molar-refractivity contribution in [1.82, 2.24) is 0 Å². The van der Waals surface area contributed by atoms with E-state index in [-0.39, 0.29) is 0 Å². The Balaban J connectivity index is 1.92. The zero-order valence-corrected chi connectivity index (χ0v) is 11.2. The van der Waals surface area contributed by atoms with Gasteiger partial charge in [0.2, 0.25) is 0 Å². The molecule has 0 aliphatic heterocycles. The van der Waals surface area contributed by atoms with Gasteiger partial charge in [0, 0.05) is 18.4 Å². The van der Waals surface area contributed by atoms with Gasteiger partial charge in [-0.3, -0.25) is 0 Å². The standard InChI is InChI=1S/C15H16N2S/c1-17(14-10-6-3-7-11-14)12-15(18)16-13-8-4-2-5-9-13/h2-11H,12H2,1H3,(H,16,18). The van der Waals surface area contributed by atoms with E-state index in [2.05, 4.69) is 22.3 Å². The lowest BCUT2D eigenvalue weighted by molar-refractivity contribution is 1.07. The summed E-state index contributed by atoms with van der Waals surface area (Å²) < 4.78 is 0. The normalized spacial score (nSPS) is 9.83. The first-order valence-electron chi connectivity index (χ1n) is 5.87. The molecule has 3 heteroatoms. The first-order valence-corrected chi connectivity index (χ1v) is 6.27. The number of nitrogens with one attached hydrogen (secondary N) is 1. The molecule has 0 aliphatic rings. The Kier molecular flexibility index (Phi) is 4.31. The van der Waals surface area contributed by atoms with E-state index in [9.17, 15) is 0 Å². The molecule has 0 saturated heterocycles. The van der Waals surface area contributed by atoms with Gasteiger partial charge in [0.05, 0.1) is 11.5 Å². The lowest BCUT2D eigenvalue weighted by Crippen LogP contribution is -2.28. The molecule has 2 nitrogen and oxygen atoms in total. The summed E-state index contributed by atoms with van der Waals surface area (Å²) in [6, 6.07) is 20.2. The molecule has 0 amide bonds. The van der Waals surface area contributed by atoms with Crippen molar-refractivity contribution in [2.45, 2.75) is 0 Å². The van der Waals surface area contributed by atoms with Crippen molar-refractivity contribution in [2.75, 3.05) is 23.8 Å². The third kappa shape index (κ3) is 3.57. The highest BCUT2D eigenvalue weighted by Gasteiger charge is 2.03. The second-order valence-corrected chi connectivity index (χ2v) is 4.60. The van der Waals surface area contributed by atoms with Gasteiger partial charge in [-0.25, -0.2) is 0 Å². The Labute approximate surface area is 113 Å². The Morgan fingerprint density at radius 3 is 2.17 bits per heavy atom. The van der Waals surface area contributed by atoms with Crippen molar-refractivity contribution >= 4 is 28.6 Å². The van der Waals surface area contributed by atoms with Crippen LogP contribution < -0.4 is 10.2 Å². The highest BCUT2D eigenvalue weighted by molar-refractivity contribution is 7.80. The highest BCUT2D eigenvalue weighted by Crippen LogP contribution is 2.11. The smallest absolute Gasteiger partial charge is 0.0993 e. The minimum absolute atomic E-state index is 0.703. The molecule has 0 fully saturated rings. The minimum atomic E-state index is 0.703. The van der Waals surface area contributed by atoms with E-state index in [0.29, 0.717) is 6.54 Å². The monoisotopic (exact) mass is 256 g/mol. The highest BCUT2D eigenvalue weighted by atomic mass is 32.1. The summed E-state index contributed by atoms with van der Waals surface area (Å²) in [5, 5.41) is 3.23. The van der Waals surface area contributed by atoms with Crippen LogP contribution in [-0.2, 0) is 0 Å². The maximum atomic E-state index is 5.36. The number of hydrogen-bond acceptors (Lipinski definition) is 2. The first kappa shape index (κ1) is 12.6. The summed E-state index contributed by atoms with van der Waals surface area (Å²) in [5.74, 6) is 0. The molecule has 0 aromatic heterocycles. The summed E-state index contributed by atoms with van der Waals surface area (Å²) in [6.07, 6.45) is 0. The number of hydrogen-bond donors (Lipinski definition) is 1. The third-order valence-electron chi connectivity index (χ3n) is 2.64. The molecule has 2 rings (SSSR count). The Morgan fingerprint density at radius 1 is 1.00 bits per heavy atom. The first-order chi connectivity index (χ1) is 8.75. The van der Waals surface area contributed by atoms with E-state index in [4.69, 9.17) is 12.2 Å². The average Bonchev–Trinajstić information content (AvgIpc) is 2.40. The summed E-state index contributed by atoms with van der Waals surface area (Å²) in [7, 11) is 2.04. The zero-order chi connectivity index (χ0) is 12.8. The second kappa shape index (κ2) is 6.17. The van der Waals surface area contributed by atoms with Crippen LogP contribution >= 0.6 is 12.2 Å². The van der Waals surface area contributed by atoms with Crippen LogP contribution in [-0.4, -0.2) is 18.6 Å². The number of rotatable bonds is 4. The van der Waals surface area contributed by atoms with E-state index in [1.165, 1.54) is 0 Å². The van der Waals surface area contributed by atoms with Gasteiger partial charge in [0.15, 0.2) is 0 Å². The van der Waals surface area contributed by atoms with Gasteiger partial charge in [-0.1, -0.05) is 48.6 Å². The fraction of sp³-hybridized carbons (Fsp3) is 0.133. The number of para-hydroxylation sites is 2. The molecule has 0 heterocycles. The van der Waals surface area contributed by atoms with Crippen LogP contribution in [0.15, 0.2) is 60.7 Å². The van der Waals surface area contributed by atoms with E-state index >= 15 is 0 Å². The Hall–Kier alpha value is -1.87. The van der Waals surface area contributed by atoms with E-state index < -0.39 is 0 Å². The molecule has 2 aromatic rings. The fourth-order valence-electron chi connectivity index (χ4n) is 1.71. The molecule has 0 spiro atoms. The maximum absolute atomic E-state index is 5.36. The predicted octanol–water partition coefficient (Wildman–Crippen LogP) is 3.56. The van der Waals surface area contributed by atoms with E-state index in [1.54, 1.807) is 0 Å². The van der Waals surface area contributed by atoms with Gasteiger partial charge < -0.3 is 10.2 Å². The van der Waals surface area contributed by atoms with Gasteiger partial charge in [0.25, 0.3) is 0 Å². The molecule has 2 aromatic carbocycles. The quantitative estimate of drug-likeness (QED) is 0.842. The molecule has 0 atom stereocenters. The van der Waals surface area contributed by atoms with Crippen molar-refractivity contribution in [3.63, 3.8) is 0 Å². The van der Waals surface area contributed by atoms with Crippen molar-refractivity contribution in [2.24, 2.45) is 0 Å². The van der Waals surface area contributed by atoms with Crippen LogP contribution in [0.2, 0.25) is 0 Å². The molecule has 1 N–H and O–H groups in total. The predicted molar refractivity (Wildman–Crippen MR) is 82.4 cm³/mol. The molecule has 18 heavy (non-hydrogen) atoms. The number of likely N-dealkylation sites (N-methyl/N-ethyl adjacent to an activating group) is 1. The van der Waals surface area contributed by atoms with Crippen LogP contribution in [0.3, 0.4) is 0 Å². The number of anilines is 2. The lowest BCUT2D eigenvalue weighted by atomic mass is 10.3. The second-order valence-electron chi connectivity index (χ2n) is 4.11. The van der Waals surface area contributed by atoms with Gasteiger partial charge in [-0.05, 0) is 24.3 Å². The molecule has 92 valence electrons. The SMILES string of the molecule is CN(CC(=S)Nc1ccccc1)c1ccccc1. The summed E-state index contributed by atoms with van der Waals surface area (Å²) in [5.41, 5.74) is 2.19. The van der Waals surface area contributed by atoms with Crippen LogP contribution in [0, 0.1) is 0 Å². The lowest BCUT2D eigenvalue weighted by Gasteiger charge is -2.20. The molecule has 0 unspecified atom stereocenters. The molecule has 0 bridgehead atoms. The molecule has 0 saturated carbocycles. The zero-order valence-electron chi connectivity index (χ0n) is 10.3. The van der Waals surface area contributed by atoms with Crippen molar-refractivity contribution in [3.05, 3.63) is 60.7 Å². The van der Waals surface area contributed by atoms with Gasteiger partial charge in [-0.2, -0.15) is 0 Å². The van der Waals surface area contributed by atoms with Crippen molar-refractivity contribution in [1.29, 1.82) is 0 Å².